The largest absolute Gasteiger partial charge is 0.346 e. The Morgan fingerprint density at radius 3 is 2.77 bits per heavy atom. The molecule has 5 heteroatoms. The molecule has 0 saturated heterocycles. The lowest BCUT2D eigenvalue weighted by atomic mass is 10.1. The fourth-order valence-electron chi connectivity index (χ4n) is 2.29. The number of ketones is 1. The molecule has 0 fully saturated rings. The predicted molar refractivity (Wildman–Crippen MR) is 87.4 cm³/mol. The van der Waals surface area contributed by atoms with Gasteiger partial charge in [-0.15, -0.1) is 0 Å². The van der Waals surface area contributed by atoms with E-state index in [2.05, 4.69) is 21.0 Å². The van der Waals surface area contributed by atoms with Gasteiger partial charge in [0.25, 0.3) is 0 Å². The Kier molecular flexibility index (Phi) is 3.80. The summed E-state index contributed by atoms with van der Waals surface area (Å²) in [5.74, 6) is -0.0417. The number of nitrogens with zero attached hydrogens (tertiary/aromatic N) is 2. The fraction of sp³-hybridized carbons (Fsp3) is 0.118. The minimum Gasteiger partial charge on any atom is -0.346 e. The molecular weight excluding hydrogens is 276 g/mol. The summed E-state index contributed by atoms with van der Waals surface area (Å²) in [6.07, 6.45) is 9.27. The lowest BCUT2D eigenvalue weighted by molar-refractivity contribution is 0.101. The number of H-pyrrole nitrogens is 1. The quantitative estimate of drug-likeness (QED) is 0.724. The number of carbonyl (C=O) groups is 1. The van der Waals surface area contributed by atoms with Crippen LogP contribution in [-0.4, -0.2) is 27.3 Å². The summed E-state index contributed by atoms with van der Waals surface area (Å²) < 4.78 is 0. The second kappa shape index (κ2) is 5.91. The van der Waals surface area contributed by atoms with Crippen molar-refractivity contribution in [3.8, 4) is 11.1 Å². The van der Waals surface area contributed by atoms with Crippen molar-refractivity contribution in [3.63, 3.8) is 0 Å². The number of nitrogens with one attached hydrogen (secondary N) is 1. The van der Waals surface area contributed by atoms with Crippen LogP contribution in [0.3, 0.4) is 0 Å². The molecule has 0 aromatic carbocycles. The molecule has 0 spiro atoms. The molecule has 5 nitrogen and oxygen atoms in total. The first-order valence-corrected chi connectivity index (χ1v) is 7.00. The van der Waals surface area contributed by atoms with Gasteiger partial charge in [-0.3, -0.25) is 9.78 Å². The van der Waals surface area contributed by atoms with E-state index in [0.717, 1.165) is 27.7 Å². The summed E-state index contributed by atoms with van der Waals surface area (Å²) in [6, 6.07) is 5.67. The van der Waals surface area contributed by atoms with Crippen molar-refractivity contribution in [1.29, 1.82) is 0 Å². The van der Waals surface area contributed by atoms with Gasteiger partial charge in [0.15, 0.2) is 5.78 Å². The zero-order chi connectivity index (χ0) is 15.5. The lowest BCUT2D eigenvalue weighted by Gasteiger charge is -2.02. The second-order valence-electron chi connectivity index (χ2n) is 4.99. The highest BCUT2D eigenvalue weighted by Crippen LogP contribution is 2.25. The topological polar surface area (TPSA) is 84.7 Å². The highest BCUT2D eigenvalue weighted by Gasteiger charge is 2.07. The number of fused-ring (bicyclic) bond motifs is 1. The molecule has 0 aliphatic rings. The van der Waals surface area contributed by atoms with Gasteiger partial charge in [-0.1, -0.05) is 18.2 Å². The molecule has 0 amide bonds. The van der Waals surface area contributed by atoms with E-state index in [-0.39, 0.29) is 5.78 Å². The van der Waals surface area contributed by atoms with Crippen molar-refractivity contribution in [1.82, 2.24) is 15.0 Å². The summed E-state index contributed by atoms with van der Waals surface area (Å²) in [6.45, 7) is 2.00. The van der Waals surface area contributed by atoms with Crippen LogP contribution in [0.4, 0.5) is 0 Å². The first-order valence-electron chi connectivity index (χ1n) is 7.00. The maximum atomic E-state index is 11.3. The third-order valence-electron chi connectivity index (χ3n) is 3.45. The van der Waals surface area contributed by atoms with Crippen molar-refractivity contribution >= 4 is 22.9 Å². The Morgan fingerprint density at radius 1 is 1.27 bits per heavy atom. The van der Waals surface area contributed by atoms with Gasteiger partial charge in [-0.25, -0.2) is 4.98 Å². The number of pyridine rings is 2. The number of rotatable bonds is 4. The summed E-state index contributed by atoms with van der Waals surface area (Å²) in [7, 11) is 0. The maximum absolute atomic E-state index is 11.3. The normalized spacial score (nSPS) is 11.4. The summed E-state index contributed by atoms with van der Waals surface area (Å²) in [4.78, 5) is 23.0. The van der Waals surface area contributed by atoms with E-state index >= 15 is 0 Å². The van der Waals surface area contributed by atoms with Crippen LogP contribution in [0, 0.1) is 0 Å². The smallest absolute Gasteiger partial charge is 0.178 e. The average Bonchev–Trinajstić information content (AvgIpc) is 2.95. The Labute approximate surface area is 127 Å². The van der Waals surface area contributed by atoms with Crippen LogP contribution in [0.5, 0.6) is 0 Å². The molecule has 3 heterocycles. The number of carbonyl (C=O) groups excluding carboxylic acids is 1. The molecular formula is C17H16N4O. The standard InChI is InChI=1S/C17H16N4O/c1-11(22)16-5-4-12(8-19-16)14-7-15-13(3-2-6-18)9-20-17(15)21-10-14/h2-5,7-10H,6,18H2,1H3,(H,20,21). The Morgan fingerprint density at radius 2 is 2.09 bits per heavy atom. The average molecular weight is 292 g/mol. The first kappa shape index (κ1) is 14.2. The van der Waals surface area contributed by atoms with E-state index in [1.807, 2.05) is 24.4 Å². The minimum atomic E-state index is -0.0417. The molecule has 0 bridgehead atoms. The van der Waals surface area contributed by atoms with E-state index < -0.39 is 0 Å². The molecule has 0 radical (unpaired) electrons. The number of aromatic amines is 1. The van der Waals surface area contributed by atoms with Crippen LogP contribution in [0.2, 0.25) is 0 Å². The van der Waals surface area contributed by atoms with E-state index in [0.29, 0.717) is 12.2 Å². The number of hydrogen-bond acceptors (Lipinski definition) is 4. The van der Waals surface area contributed by atoms with Gasteiger partial charge in [0.1, 0.15) is 11.3 Å². The molecule has 3 rings (SSSR count). The number of aromatic nitrogens is 3. The van der Waals surface area contributed by atoms with Crippen LogP contribution in [0.1, 0.15) is 23.0 Å². The summed E-state index contributed by atoms with van der Waals surface area (Å²) >= 11 is 0. The summed E-state index contributed by atoms with van der Waals surface area (Å²) in [5.41, 5.74) is 9.72. The summed E-state index contributed by atoms with van der Waals surface area (Å²) in [5, 5.41) is 1.03. The van der Waals surface area contributed by atoms with Crippen molar-refractivity contribution in [3.05, 3.63) is 54.1 Å². The van der Waals surface area contributed by atoms with Crippen molar-refractivity contribution in [2.45, 2.75) is 6.92 Å². The van der Waals surface area contributed by atoms with Gasteiger partial charge >= 0.3 is 0 Å². The van der Waals surface area contributed by atoms with Crippen molar-refractivity contribution in [2.75, 3.05) is 6.54 Å². The molecule has 0 aliphatic heterocycles. The van der Waals surface area contributed by atoms with Gasteiger partial charge in [0.05, 0.1) is 0 Å². The molecule has 0 unspecified atom stereocenters. The van der Waals surface area contributed by atoms with Crippen molar-refractivity contribution < 1.29 is 4.79 Å². The van der Waals surface area contributed by atoms with Gasteiger partial charge in [0, 0.05) is 54.1 Å². The van der Waals surface area contributed by atoms with Gasteiger partial charge in [-0.05, 0) is 12.1 Å². The third kappa shape index (κ3) is 2.66. The van der Waals surface area contributed by atoms with E-state index in [1.54, 1.807) is 18.5 Å². The van der Waals surface area contributed by atoms with E-state index in [4.69, 9.17) is 5.73 Å². The molecule has 3 aromatic heterocycles. The molecule has 0 aliphatic carbocycles. The molecule has 3 N–H and O–H groups in total. The maximum Gasteiger partial charge on any atom is 0.178 e. The lowest BCUT2D eigenvalue weighted by Crippen LogP contribution is -1.95. The first-order chi connectivity index (χ1) is 10.7. The van der Waals surface area contributed by atoms with E-state index in [9.17, 15) is 4.79 Å². The van der Waals surface area contributed by atoms with Crippen LogP contribution in [0.15, 0.2) is 42.9 Å². The molecule has 0 saturated carbocycles. The van der Waals surface area contributed by atoms with Crippen molar-refractivity contribution in [2.24, 2.45) is 5.73 Å². The van der Waals surface area contributed by atoms with Crippen LogP contribution < -0.4 is 5.73 Å². The zero-order valence-corrected chi connectivity index (χ0v) is 12.2. The van der Waals surface area contributed by atoms with Gasteiger partial charge in [-0.2, -0.15) is 0 Å². The monoisotopic (exact) mass is 292 g/mol. The molecule has 0 atom stereocenters. The zero-order valence-electron chi connectivity index (χ0n) is 12.2. The second-order valence-corrected chi connectivity index (χ2v) is 4.99. The number of hydrogen-bond donors (Lipinski definition) is 2. The number of Topliss-reactive ketones (excluding diaryl/α,β-unsaturated/α-hetero) is 1. The van der Waals surface area contributed by atoms with Gasteiger partial charge in [0.2, 0.25) is 0 Å². The highest BCUT2D eigenvalue weighted by atomic mass is 16.1. The number of nitrogens with two attached hydrogens (primary N) is 1. The Hall–Kier alpha value is -2.79. The Bertz CT molecular complexity index is 847. The minimum absolute atomic E-state index is 0.0417. The van der Waals surface area contributed by atoms with Crippen LogP contribution in [-0.2, 0) is 0 Å². The highest BCUT2D eigenvalue weighted by molar-refractivity contribution is 5.93. The van der Waals surface area contributed by atoms with Crippen LogP contribution >= 0.6 is 0 Å². The Balaban J connectivity index is 2.03. The predicted octanol–water partition coefficient (Wildman–Crippen LogP) is 2.80. The molecule has 22 heavy (non-hydrogen) atoms. The molecule has 3 aromatic rings. The van der Waals surface area contributed by atoms with E-state index in [1.165, 1.54) is 6.92 Å². The fourth-order valence-corrected chi connectivity index (χ4v) is 2.29. The van der Waals surface area contributed by atoms with Crippen LogP contribution in [0.25, 0.3) is 28.2 Å². The molecule has 110 valence electrons. The van der Waals surface area contributed by atoms with Gasteiger partial charge < -0.3 is 10.7 Å². The SMILES string of the molecule is CC(=O)c1ccc(-c2cnc3[nH]cc(C=CCN)c3c2)cn1. The third-order valence-corrected chi connectivity index (χ3v) is 3.45.